The van der Waals surface area contributed by atoms with Gasteiger partial charge in [0, 0.05) is 5.56 Å². The molecule has 2 aromatic carbocycles. The van der Waals surface area contributed by atoms with Crippen LogP contribution in [0.15, 0.2) is 71.9 Å². The predicted molar refractivity (Wildman–Crippen MR) is 94.2 cm³/mol. The fraction of sp³-hybridized carbons (Fsp3) is 0.105. The maximum Gasteiger partial charge on any atom is 0.226 e. The Bertz CT molecular complexity index is 961. The van der Waals surface area contributed by atoms with Gasteiger partial charge in [-0.1, -0.05) is 0 Å². The van der Waals surface area contributed by atoms with E-state index in [1.54, 1.807) is 24.4 Å². The van der Waals surface area contributed by atoms with Crippen molar-refractivity contribution in [2.45, 2.75) is 6.61 Å². The molecule has 0 bridgehead atoms. The van der Waals surface area contributed by atoms with Gasteiger partial charge in [0.2, 0.25) is 5.89 Å². The zero-order valence-electron chi connectivity index (χ0n) is 14.1. The third-order valence-corrected chi connectivity index (χ3v) is 3.80. The van der Waals surface area contributed by atoms with Crippen molar-refractivity contribution < 1.29 is 13.9 Å². The van der Waals surface area contributed by atoms with Gasteiger partial charge in [-0.2, -0.15) is 5.10 Å². The quantitative estimate of drug-likeness (QED) is 0.531. The average molecular weight is 348 g/mol. The smallest absolute Gasteiger partial charge is 0.226 e. The zero-order chi connectivity index (χ0) is 17.8. The molecule has 0 atom stereocenters. The Hall–Kier alpha value is -3.61. The molecule has 4 rings (SSSR count). The highest BCUT2D eigenvalue weighted by Gasteiger charge is 2.08. The van der Waals surface area contributed by atoms with Crippen molar-refractivity contribution in [1.82, 2.24) is 19.7 Å². The van der Waals surface area contributed by atoms with E-state index in [2.05, 4.69) is 15.1 Å². The summed E-state index contributed by atoms with van der Waals surface area (Å²) in [6, 6.07) is 15.1. The van der Waals surface area contributed by atoms with Crippen molar-refractivity contribution in [1.29, 1.82) is 0 Å². The van der Waals surface area contributed by atoms with Crippen LogP contribution in [0.4, 0.5) is 0 Å². The van der Waals surface area contributed by atoms with Crippen molar-refractivity contribution in [2.24, 2.45) is 0 Å². The summed E-state index contributed by atoms with van der Waals surface area (Å²) in [5, 5.41) is 4.09. The summed E-state index contributed by atoms with van der Waals surface area (Å²) in [7, 11) is 1.63. The van der Waals surface area contributed by atoms with Gasteiger partial charge in [-0.3, -0.25) is 0 Å². The molecule has 4 aromatic rings. The van der Waals surface area contributed by atoms with E-state index in [1.165, 1.54) is 6.33 Å². The van der Waals surface area contributed by atoms with E-state index in [0.29, 0.717) is 12.5 Å². The van der Waals surface area contributed by atoms with E-state index in [4.69, 9.17) is 13.9 Å². The van der Waals surface area contributed by atoms with Crippen molar-refractivity contribution >= 4 is 0 Å². The van der Waals surface area contributed by atoms with E-state index in [0.717, 1.165) is 28.4 Å². The molecule has 0 unspecified atom stereocenters. The summed E-state index contributed by atoms with van der Waals surface area (Å²) in [5.74, 6) is 2.08. The monoisotopic (exact) mass is 348 g/mol. The molecule has 2 aromatic heterocycles. The molecule has 0 aliphatic carbocycles. The Morgan fingerprint density at radius 3 is 2.46 bits per heavy atom. The van der Waals surface area contributed by atoms with Gasteiger partial charge in [0.1, 0.15) is 42.7 Å². The second-order valence-electron chi connectivity index (χ2n) is 5.50. The van der Waals surface area contributed by atoms with Crippen LogP contribution in [0.1, 0.15) is 5.69 Å². The molecule has 2 heterocycles. The van der Waals surface area contributed by atoms with Crippen molar-refractivity contribution in [3.8, 4) is 28.6 Å². The molecule has 7 nitrogen and oxygen atoms in total. The zero-order valence-corrected chi connectivity index (χ0v) is 14.1. The van der Waals surface area contributed by atoms with Crippen LogP contribution in [0, 0.1) is 0 Å². The van der Waals surface area contributed by atoms with Crippen LogP contribution in [0.2, 0.25) is 0 Å². The summed E-state index contributed by atoms with van der Waals surface area (Å²) in [6.45, 7) is 0.322. The van der Waals surface area contributed by atoms with Gasteiger partial charge in [-0.25, -0.2) is 14.6 Å². The molecule has 0 saturated heterocycles. The first kappa shape index (κ1) is 15.9. The highest BCUT2D eigenvalue weighted by molar-refractivity contribution is 5.54. The molecule has 26 heavy (non-hydrogen) atoms. The van der Waals surface area contributed by atoms with Gasteiger partial charge >= 0.3 is 0 Å². The Balaban J connectivity index is 1.39. The third kappa shape index (κ3) is 3.41. The molecule has 7 heteroatoms. The number of methoxy groups -OCH3 is 1. The predicted octanol–water partition coefficient (Wildman–Crippen LogP) is 3.51. The number of benzene rings is 2. The summed E-state index contributed by atoms with van der Waals surface area (Å²) in [6.07, 6.45) is 4.74. The molecule has 0 spiro atoms. The molecular weight excluding hydrogens is 332 g/mol. The van der Waals surface area contributed by atoms with Gasteiger partial charge in [0.05, 0.1) is 12.8 Å². The minimum Gasteiger partial charge on any atom is -0.497 e. The average Bonchev–Trinajstić information content (AvgIpc) is 3.39. The van der Waals surface area contributed by atoms with E-state index in [-0.39, 0.29) is 0 Å². The maximum atomic E-state index is 5.76. The van der Waals surface area contributed by atoms with Crippen LogP contribution in [0.25, 0.3) is 17.1 Å². The molecular formula is C19H16N4O3. The summed E-state index contributed by atoms with van der Waals surface area (Å²) in [4.78, 5) is 8.38. The number of nitrogens with zero attached hydrogens (tertiary/aromatic N) is 4. The highest BCUT2D eigenvalue weighted by atomic mass is 16.5. The summed E-state index contributed by atoms with van der Waals surface area (Å²) >= 11 is 0. The van der Waals surface area contributed by atoms with Gasteiger partial charge in [0.15, 0.2) is 0 Å². The van der Waals surface area contributed by atoms with Crippen LogP contribution in [-0.4, -0.2) is 26.9 Å². The van der Waals surface area contributed by atoms with E-state index in [1.807, 2.05) is 48.5 Å². The third-order valence-electron chi connectivity index (χ3n) is 3.80. The fourth-order valence-electron chi connectivity index (χ4n) is 2.43. The highest BCUT2D eigenvalue weighted by Crippen LogP contribution is 2.22. The Morgan fingerprint density at radius 1 is 1.00 bits per heavy atom. The lowest BCUT2D eigenvalue weighted by molar-refractivity contribution is 0.301. The molecule has 0 N–H and O–H groups in total. The largest absolute Gasteiger partial charge is 0.497 e. The van der Waals surface area contributed by atoms with Crippen molar-refractivity contribution in [3.63, 3.8) is 0 Å². The van der Waals surface area contributed by atoms with Gasteiger partial charge < -0.3 is 13.9 Å². The van der Waals surface area contributed by atoms with Gasteiger partial charge in [-0.05, 0) is 48.5 Å². The lowest BCUT2D eigenvalue weighted by atomic mass is 10.2. The first-order chi connectivity index (χ1) is 12.8. The number of hydrogen-bond acceptors (Lipinski definition) is 6. The normalized spacial score (nSPS) is 10.7. The number of aromatic nitrogens is 4. The number of ether oxygens (including phenoxy) is 2. The number of oxazole rings is 1. The molecule has 0 saturated carbocycles. The van der Waals surface area contributed by atoms with E-state index in [9.17, 15) is 0 Å². The minimum atomic E-state index is 0.322. The van der Waals surface area contributed by atoms with Crippen LogP contribution in [0.5, 0.6) is 11.5 Å². The van der Waals surface area contributed by atoms with E-state index >= 15 is 0 Å². The molecule has 0 aliphatic rings. The topological polar surface area (TPSA) is 75.2 Å². The minimum absolute atomic E-state index is 0.322. The van der Waals surface area contributed by atoms with Crippen LogP contribution >= 0.6 is 0 Å². The van der Waals surface area contributed by atoms with Gasteiger partial charge in [-0.15, -0.1) is 0 Å². The molecule has 0 radical (unpaired) electrons. The first-order valence-electron chi connectivity index (χ1n) is 7.98. The van der Waals surface area contributed by atoms with Crippen molar-refractivity contribution in [2.75, 3.05) is 7.11 Å². The molecule has 130 valence electrons. The Kier molecular flexibility index (Phi) is 4.34. The number of rotatable bonds is 6. The Labute approximate surface area is 149 Å². The van der Waals surface area contributed by atoms with E-state index < -0.39 is 0 Å². The molecule has 0 aliphatic heterocycles. The van der Waals surface area contributed by atoms with Crippen LogP contribution in [0.3, 0.4) is 0 Å². The Morgan fingerprint density at radius 2 is 1.77 bits per heavy atom. The first-order valence-corrected chi connectivity index (χ1v) is 7.98. The lowest BCUT2D eigenvalue weighted by Crippen LogP contribution is -1.97. The summed E-state index contributed by atoms with van der Waals surface area (Å²) < 4.78 is 18.1. The SMILES string of the molecule is COc1ccc(-c2nc(COc3ccc(-n4cncn4)cc3)co2)cc1. The maximum absolute atomic E-state index is 5.76. The van der Waals surface area contributed by atoms with Crippen LogP contribution in [-0.2, 0) is 6.61 Å². The summed E-state index contributed by atoms with van der Waals surface area (Å²) in [5.41, 5.74) is 2.52. The number of hydrogen-bond donors (Lipinski definition) is 0. The molecule has 0 amide bonds. The van der Waals surface area contributed by atoms with Gasteiger partial charge in [0.25, 0.3) is 0 Å². The standard InChI is InChI=1S/C19H16N4O3/c1-24-17-6-2-14(3-7-17)19-22-15(11-26-19)10-25-18-8-4-16(5-9-18)23-13-20-12-21-23/h2-9,11-13H,10H2,1H3. The van der Waals surface area contributed by atoms with Crippen LogP contribution < -0.4 is 9.47 Å². The second-order valence-corrected chi connectivity index (χ2v) is 5.50. The second kappa shape index (κ2) is 7.10. The molecule has 0 fully saturated rings. The lowest BCUT2D eigenvalue weighted by Gasteiger charge is -2.05. The van der Waals surface area contributed by atoms with Crippen molar-refractivity contribution in [3.05, 3.63) is 73.1 Å². The fourth-order valence-corrected chi connectivity index (χ4v) is 2.43.